The highest BCUT2D eigenvalue weighted by Crippen LogP contribution is 2.04. The van der Waals surface area contributed by atoms with Crippen molar-refractivity contribution in [2.24, 2.45) is 0 Å². The van der Waals surface area contributed by atoms with Gasteiger partial charge in [-0.05, 0) is 17.7 Å². The van der Waals surface area contributed by atoms with Gasteiger partial charge in [0.2, 0.25) is 0 Å². The van der Waals surface area contributed by atoms with Crippen LogP contribution in [0.1, 0.15) is 5.56 Å². The van der Waals surface area contributed by atoms with Gasteiger partial charge in [-0.1, -0.05) is 48.5 Å². The molecule has 0 aliphatic rings. The van der Waals surface area contributed by atoms with Crippen LogP contribution in [0, 0.1) is 0 Å². The first-order chi connectivity index (χ1) is 7.86. The van der Waals surface area contributed by atoms with Gasteiger partial charge in [-0.15, -0.1) is 0 Å². The number of hydrogen-bond donors (Lipinski definition) is 1. The molecule has 0 heterocycles. The molecule has 0 radical (unpaired) electrons. The minimum atomic E-state index is -1.13. The Kier molecular flexibility index (Phi) is 3.86. The van der Waals surface area contributed by atoms with Crippen LogP contribution in [0.3, 0.4) is 0 Å². The second-order valence-electron chi connectivity index (χ2n) is 3.39. The molecule has 0 fully saturated rings. The van der Waals surface area contributed by atoms with E-state index in [-0.39, 0.29) is 0 Å². The summed E-state index contributed by atoms with van der Waals surface area (Å²) in [4.78, 5) is 0.804. The van der Waals surface area contributed by atoms with Gasteiger partial charge in [-0.2, -0.15) is 0 Å². The fourth-order valence-corrected chi connectivity index (χ4v) is 2.24. The summed E-state index contributed by atoms with van der Waals surface area (Å²) in [6.07, 6.45) is 0. The summed E-state index contributed by atoms with van der Waals surface area (Å²) in [7, 11) is -1.13. The molecule has 1 N–H and O–H groups in total. The average molecular weight is 231 g/mol. The minimum absolute atomic E-state index is 0.613. The molecule has 2 aromatic carbocycles. The van der Waals surface area contributed by atoms with Gasteiger partial charge in [0.1, 0.15) is 11.0 Å². The highest BCUT2D eigenvalue weighted by Gasteiger charge is 2.01. The van der Waals surface area contributed by atoms with Crippen LogP contribution in [0.15, 0.2) is 65.6 Å². The Balaban J connectivity index is 1.95. The molecule has 82 valence electrons. The van der Waals surface area contributed by atoms with Gasteiger partial charge in [-0.3, -0.25) is 0 Å². The Bertz CT molecular complexity index is 456. The molecule has 0 unspecified atom stereocenters. The van der Waals surface area contributed by atoms with Crippen molar-refractivity contribution in [3.63, 3.8) is 0 Å². The third-order valence-corrected chi connectivity index (χ3v) is 3.31. The number of benzene rings is 2. The third-order valence-electron chi connectivity index (χ3n) is 2.21. The van der Waals surface area contributed by atoms with E-state index in [0.29, 0.717) is 6.54 Å². The van der Waals surface area contributed by atoms with Gasteiger partial charge in [-0.25, -0.2) is 8.93 Å². The molecule has 0 amide bonds. The summed E-state index contributed by atoms with van der Waals surface area (Å²) in [5.74, 6) is 0. The zero-order valence-electron chi connectivity index (χ0n) is 8.80. The van der Waals surface area contributed by atoms with Crippen molar-refractivity contribution in [2.75, 3.05) is 0 Å². The lowest BCUT2D eigenvalue weighted by Gasteiger charge is -2.04. The van der Waals surface area contributed by atoms with Gasteiger partial charge in [0.15, 0.2) is 0 Å². The Morgan fingerprint density at radius 2 is 1.44 bits per heavy atom. The van der Waals surface area contributed by atoms with Crippen LogP contribution in [0.4, 0.5) is 0 Å². The van der Waals surface area contributed by atoms with E-state index in [1.54, 1.807) is 0 Å². The van der Waals surface area contributed by atoms with E-state index >= 15 is 0 Å². The zero-order valence-corrected chi connectivity index (χ0v) is 9.61. The van der Waals surface area contributed by atoms with E-state index in [2.05, 4.69) is 4.72 Å². The van der Waals surface area contributed by atoms with Gasteiger partial charge in [0.25, 0.3) is 0 Å². The first-order valence-corrected chi connectivity index (χ1v) is 6.25. The smallest absolute Gasteiger partial charge is 0.125 e. The van der Waals surface area contributed by atoms with Crippen molar-refractivity contribution in [3.8, 4) is 0 Å². The fraction of sp³-hybridized carbons (Fsp3) is 0.0769. The minimum Gasteiger partial charge on any atom is -0.237 e. The molecule has 3 heteroatoms. The van der Waals surface area contributed by atoms with Crippen LogP contribution in [-0.2, 0) is 17.5 Å². The van der Waals surface area contributed by atoms with Crippen molar-refractivity contribution < 1.29 is 4.21 Å². The second kappa shape index (κ2) is 5.58. The van der Waals surface area contributed by atoms with Crippen molar-refractivity contribution >= 4 is 11.0 Å². The molecule has 0 aliphatic carbocycles. The van der Waals surface area contributed by atoms with Crippen LogP contribution >= 0.6 is 0 Å². The monoisotopic (exact) mass is 231 g/mol. The lowest BCUT2D eigenvalue weighted by atomic mass is 10.2. The average Bonchev–Trinajstić information content (AvgIpc) is 2.38. The Morgan fingerprint density at radius 3 is 2.06 bits per heavy atom. The summed E-state index contributed by atoms with van der Waals surface area (Å²) in [6.45, 7) is 0.613. The molecule has 0 aromatic heterocycles. The Labute approximate surface area is 97.9 Å². The van der Waals surface area contributed by atoms with E-state index < -0.39 is 11.0 Å². The molecule has 0 saturated carbocycles. The van der Waals surface area contributed by atoms with Gasteiger partial charge < -0.3 is 0 Å². The molecular weight excluding hydrogens is 218 g/mol. The van der Waals surface area contributed by atoms with Crippen LogP contribution < -0.4 is 4.72 Å². The Morgan fingerprint density at radius 1 is 0.875 bits per heavy atom. The zero-order chi connectivity index (χ0) is 11.2. The van der Waals surface area contributed by atoms with E-state index in [1.807, 2.05) is 60.7 Å². The first-order valence-electron chi connectivity index (χ1n) is 5.10. The summed E-state index contributed by atoms with van der Waals surface area (Å²) >= 11 is 0. The fourth-order valence-electron chi connectivity index (χ4n) is 1.37. The van der Waals surface area contributed by atoms with E-state index in [0.717, 1.165) is 10.5 Å². The van der Waals surface area contributed by atoms with Gasteiger partial charge in [0, 0.05) is 6.54 Å². The molecule has 0 aliphatic heterocycles. The standard InChI is InChI=1S/C13H13NOS/c15-16(13-9-5-2-6-10-13)14-11-12-7-3-1-4-8-12/h1-10,14H,11H2/t16-/m1/s1. The molecule has 2 aromatic rings. The highest BCUT2D eigenvalue weighted by molar-refractivity contribution is 7.83. The third kappa shape index (κ3) is 3.02. The molecular formula is C13H13NOS. The molecule has 1 atom stereocenters. The number of hydrogen-bond acceptors (Lipinski definition) is 1. The topological polar surface area (TPSA) is 29.1 Å². The van der Waals surface area contributed by atoms with Gasteiger partial charge in [0.05, 0.1) is 4.90 Å². The van der Waals surface area contributed by atoms with E-state index in [4.69, 9.17) is 0 Å². The van der Waals surface area contributed by atoms with Crippen molar-refractivity contribution in [3.05, 3.63) is 66.2 Å². The van der Waals surface area contributed by atoms with Crippen LogP contribution in [-0.4, -0.2) is 4.21 Å². The predicted molar refractivity (Wildman–Crippen MR) is 66.1 cm³/mol. The summed E-state index contributed by atoms with van der Waals surface area (Å²) in [5, 5.41) is 0. The summed E-state index contributed by atoms with van der Waals surface area (Å²) in [5.41, 5.74) is 1.13. The van der Waals surface area contributed by atoms with Crippen LogP contribution in [0.5, 0.6) is 0 Å². The molecule has 2 rings (SSSR count). The van der Waals surface area contributed by atoms with Crippen LogP contribution in [0.25, 0.3) is 0 Å². The van der Waals surface area contributed by atoms with Crippen molar-refractivity contribution in [1.29, 1.82) is 0 Å². The van der Waals surface area contributed by atoms with E-state index in [1.165, 1.54) is 0 Å². The van der Waals surface area contributed by atoms with Crippen LogP contribution in [0.2, 0.25) is 0 Å². The maximum atomic E-state index is 11.8. The number of rotatable bonds is 4. The normalized spacial score (nSPS) is 12.2. The lowest BCUT2D eigenvalue weighted by molar-refractivity contribution is 0.672. The maximum Gasteiger partial charge on any atom is 0.125 e. The SMILES string of the molecule is O=[S@@](NCc1ccccc1)c1ccccc1. The second-order valence-corrected chi connectivity index (χ2v) is 4.69. The molecule has 0 bridgehead atoms. The van der Waals surface area contributed by atoms with E-state index in [9.17, 15) is 4.21 Å². The largest absolute Gasteiger partial charge is 0.237 e. The molecule has 2 nitrogen and oxygen atoms in total. The summed E-state index contributed by atoms with van der Waals surface area (Å²) < 4.78 is 14.8. The first kappa shape index (κ1) is 11.0. The lowest BCUT2D eigenvalue weighted by Crippen LogP contribution is -2.16. The Hall–Kier alpha value is -1.45. The molecule has 16 heavy (non-hydrogen) atoms. The highest BCUT2D eigenvalue weighted by atomic mass is 32.2. The quantitative estimate of drug-likeness (QED) is 0.860. The van der Waals surface area contributed by atoms with Crippen molar-refractivity contribution in [1.82, 2.24) is 4.72 Å². The molecule has 0 saturated heterocycles. The van der Waals surface area contributed by atoms with Crippen molar-refractivity contribution in [2.45, 2.75) is 11.4 Å². The summed E-state index contributed by atoms with van der Waals surface area (Å²) in [6, 6.07) is 19.3. The molecule has 0 spiro atoms. The maximum absolute atomic E-state index is 11.8. The number of nitrogens with one attached hydrogen (secondary N) is 1. The predicted octanol–water partition coefficient (Wildman–Crippen LogP) is 2.50. The van der Waals surface area contributed by atoms with Gasteiger partial charge >= 0.3 is 0 Å².